The largest absolute Gasteiger partial charge is 0.467 e. The van der Waals surface area contributed by atoms with Gasteiger partial charge in [0, 0.05) is 10.9 Å². The molecule has 0 unspecified atom stereocenters. The first-order valence-corrected chi connectivity index (χ1v) is 5.74. The van der Waals surface area contributed by atoms with Gasteiger partial charge in [0.2, 0.25) is 0 Å². The molecule has 88 valence electrons. The lowest BCUT2D eigenvalue weighted by Gasteiger charge is -2.07. The van der Waals surface area contributed by atoms with E-state index >= 15 is 0 Å². The Balaban J connectivity index is 2.33. The molecule has 1 heterocycles. The van der Waals surface area contributed by atoms with E-state index in [1.807, 2.05) is 54.6 Å². The van der Waals surface area contributed by atoms with Crippen LogP contribution in [0.1, 0.15) is 0 Å². The summed E-state index contributed by atoms with van der Waals surface area (Å²) in [5.41, 5.74) is 2.86. The van der Waals surface area contributed by atoms with E-state index in [-0.39, 0.29) is 0 Å². The number of methoxy groups -OCH3 is 1. The number of benzene rings is 2. The molecule has 0 aliphatic rings. The summed E-state index contributed by atoms with van der Waals surface area (Å²) >= 11 is 0. The van der Waals surface area contributed by atoms with Crippen molar-refractivity contribution >= 4 is 10.9 Å². The lowest BCUT2D eigenvalue weighted by Crippen LogP contribution is -1.95. The molecule has 0 saturated carbocycles. The van der Waals surface area contributed by atoms with Crippen molar-refractivity contribution in [1.82, 2.24) is 9.97 Å². The summed E-state index contributed by atoms with van der Waals surface area (Å²) in [5, 5.41) is 1.03. The number of hydrogen-bond acceptors (Lipinski definition) is 3. The third-order valence-corrected chi connectivity index (χ3v) is 2.81. The SMILES string of the molecule is COc1nc(-c2ccccc2)c2ccccc2n1. The van der Waals surface area contributed by atoms with Gasteiger partial charge in [0.25, 0.3) is 0 Å². The second kappa shape index (κ2) is 4.45. The molecule has 3 nitrogen and oxygen atoms in total. The monoisotopic (exact) mass is 236 g/mol. The Morgan fingerprint density at radius 3 is 2.33 bits per heavy atom. The standard InChI is InChI=1S/C15H12N2O/c1-18-15-16-13-10-6-5-9-12(13)14(17-15)11-7-3-2-4-8-11/h2-10H,1H3. The zero-order chi connectivity index (χ0) is 12.4. The number of nitrogens with zero attached hydrogens (tertiary/aromatic N) is 2. The first-order valence-electron chi connectivity index (χ1n) is 5.74. The maximum absolute atomic E-state index is 5.16. The summed E-state index contributed by atoms with van der Waals surface area (Å²) in [4.78, 5) is 8.80. The van der Waals surface area contributed by atoms with Gasteiger partial charge in [-0.2, -0.15) is 9.97 Å². The van der Waals surface area contributed by atoms with Gasteiger partial charge in [-0.15, -0.1) is 0 Å². The molecule has 0 amide bonds. The smallest absolute Gasteiger partial charge is 0.317 e. The van der Waals surface area contributed by atoms with E-state index < -0.39 is 0 Å². The van der Waals surface area contributed by atoms with Crippen LogP contribution in [0.2, 0.25) is 0 Å². The minimum atomic E-state index is 0.396. The number of para-hydroxylation sites is 1. The second-order valence-electron chi connectivity index (χ2n) is 3.94. The number of hydrogen-bond donors (Lipinski definition) is 0. The van der Waals surface area contributed by atoms with Gasteiger partial charge in [-0.05, 0) is 6.07 Å². The van der Waals surface area contributed by atoms with Gasteiger partial charge >= 0.3 is 6.01 Å². The van der Waals surface area contributed by atoms with Gasteiger partial charge in [0.05, 0.1) is 18.3 Å². The quantitative estimate of drug-likeness (QED) is 0.684. The minimum Gasteiger partial charge on any atom is -0.467 e. The molecule has 0 spiro atoms. The molecular weight excluding hydrogens is 224 g/mol. The molecule has 3 heteroatoms. The van der Waals surface area contributed by atoms with Crippen molar-refractivity contribution in [2.24, 2.45) is 0 Å². The van der Waals surface area contributed by atoms with Crippen LogP contribution in [0.4, 0.5) is 0 Å². The van der Waals surface area contributed by atoms with E-state index in [0.29, 0.717) is 6.01 Å². The molecule has 1 aromatic heterocycles. The molecule has 0 atom stereocenters. The van der Waals surface area contributed by atoms with Crippen LogP contribution < -0.4 is 4.74 Å². The number of aromatic nitrogens is 2. The Kier molecular flexibility index (Phi) is 2.65. The van der Waals surface area contributed by atoms with Gasteiger partial charge in [0.15, 0.2) is 0 Å². The first kappa shape index (κ1) is 10.7. The highest BCUT2D eigenvalue weighted by molar-refractivity contribution is 5.92. The fourth-order valence-electron chi connectivity index (χ4n) is 1.96. The highest BCUT2D eigenvalue weighted by atomic mass is 16.5. The first-order chi connectivity index (χ1) is 8.88. The van der Waals surface area contributed by atoms with Crippen molar-refractivity contribution in [3.63, 3.8) is 0 Å². The van der Waals surface area contributed by atoms with Crippen LogP contribution in [-0.2, 0) is 0 Å². The maximum Gasteiger partial charge on any atom is 0.317 e. The zero-order valence-electron chi connectivity index (χ0n) is 10.00. The predicted octanol–water partition coefficient (Wildman–Crippen LogP) is 3.31. The van der Waals surface area contributed by atoms with Crippen molar-refractivity contribution in [2.45, 2.75) is 0 Å². The van der Waals surface area contributed by atoms with Gasteiger partial charge in [0.1, 0.15) is 0 Å². The summed E-state index contributed by atoms with van der Waals surface area (Å²) in [6, 6.07) is 18.4. The van der Waals surface area contributed by atoms with Crippen LogP contribution in [0, 0.1) is 0 Å². The molecule has 3 rings (SSSR count). The van der Waals surface area contributed by atoms with E-state index in [0.717, 1.165) is 22.2 Å². The molecule has 0 aliphatic carbocycles. The summed E-state index contributed by atoms with van der Waals surface area (Å²) in [6.45, 7) is 0. The van der Waals surface area contributed by atoms with Crippen LogP contribution in [0.15, 0.2) is 54.6 Å². The molecule has 0 bridgehead atoms. The molecule has 2 aromatic carbocycles. The Hall–Kier alpha value is -2.42. The average Bonchev–Trinajstić information content (AvgIpc) is 2.47. The van der Waals surface area contributed by atoms with Gasteiger partial charge in [-0.3, -0.25) is 0 Å². The summed E-state index contributed by atoms with van der Waals surface area (Å²) in [7, 11) is 1.58. The van der Waals surface area contributed by atoms with Crippen LogP contribution in [0.25, 0.3) is 22.2 Å². The number of rotatable bonds is 2. The average molecular weight is 236 g/mol. The van der Waals surface area contributed by atoms with Crippen LogP contribution in [0.5, 0.6) is 6.01 Å². The normalized spacial score (nSPS) is 10.5. The van der Waals surface area contributed by atoms with E-state index in [4.69, 9.17) is 4.74 Å². The summed E-state index contributed by atoms with van der Waals surface area (Å²) in [5.74, 6) is 0. The van der Waals surface area contributed by atoms with Crippen LogP contribution in [-0.4, -0.2) is 17.1 Å². The summed E-state index contributed by atoms with van der Waals surface area (Å²) in [6.07, 6.45) is 0. The molecular formula is C15H12N2O. The summed E-state index contributed by atoms with van der Waals surface area (Å²) < 4.78 is 5.16. The molecule has 18 heavy (non-hydrogen) atoms. The maximum atomic E-state index is 5.16. The molecule has 0 saturated heterocycles. The topological polar surface area (TPSA) is 35.0 Å². The Morgan fingerprint density at radius 1 is 0.833 bits per heavy atom. The Labute approximate surface area is 105 Å². The Bertz CT molecular complexity index is 680. The molecule has 0 N–H and O–H groups in total. The molecule has 3 aromatic rings. The van der Waals surface area contributed by atoms with Crippen molar-refractivity contribution < 1.29 is 4.74 Å². The molecule has 0 radical (unpaired) electrons. The van der Waals surface area contributed by atoms with Gasteiger partial charge < -0.3 is 4.74 Å². The van der Waals surface area contributed by atoms with Crippen molar-refractivity contribution in [3.05, 3.63) is 54.6 Å². The lowest BCUT2D eigenvalue weighted by molar-refractivity contribution is 0.382. The fourth-order valence-corrected chi connectivity index (χ4v) is 1.96. The van der Waals surface area contributed by atoms with Crippen molar-refractivity contribution in [2.75, 3.05) is 7.11 Å². The van der Waals surface area contributed by atoms with Crippen LogP contribution in [0.3, 0.4) is 0 Å². The number of ether oxygens (including phenoxy) is 1. The minimum absolute atomic E-state index is 0.396. The van der Waals surface area contributed by atoms with E-state index in [1.165, 1.54) is 0 Å². The second-order valence-corrected chi connectivity index (χ2v) is 3.94. The van der Waals surface area contributed by atoms with Crippen molar-refractivity contribution in [1.29, 1.82) is 0 Å². The van der Waals surface area contributed by atoms with Gasteiger partial charge in [-0.25, -0.2) is 0 Å². The highest BCUT2D eigenvalue weighted by Crippen LogP contribution is 2.27. The fraction of sp³-hybridized carbons (Fsp3) is 0.0667. The molecule has 0 fully saturated rings. The van der Waals surface area contributed by atoms with E-state index in [2.05, 4.69) is 9.97 Å². The van der Waals surface area contributed by atoms with Crippen LogP contribution >= 0.6 is 0 Å². The third kappa shape index (κ3) is 1.80. The predicted molar refractivity (Wildman–Crippen MR) is 71.5 cm³/mol. The van der Waals surface area contributed by atoms with Gasteiger partial charge in [-0.1, -0.05) is 48.5 Å². The highest BCUT2D eigenvalue weighted by Gasteiger charge is 2.08. The van der Waals surface area contributed by atoms with E-state index in [9.17, 15) is 0 Å². The Morgan fingerprint density at radius 2 is 1.56 bits per heavy atom. The lowest BCUT2D eigenvalue weighted by atomic mass is 10.1. The molecule has 0 aliphatic heterocycles. The van der Waals surface area contributed by atoms with E-state index in [1.54, 1.807) is 7.11 Å². The van der Waals surface area contributed by atoms with Crippen molar-refractivity contribution in [3.8, 4) is 17.3 Å². The zero-order valence-corrected chi connectivity index (χ0v) is 10.00. The number of fused-ring (bicyclic) bond motifs is 1. The third-order valence-electron chi connectivity index (χ3n) is 2.81.